The third kappa shape index (κ3) is 3.29. The number of carbonyl (C=O) groups excluding carboxylic acids is 1. The number of hydrogen-bond donors (Lipinski definition) is 3. The van der Waals surface area contributed by atoms with Gasteiger partial charge in [0.05, 0.1) is 11.4 Å². The van der Waals surface area contributed by atoms with Crippen molar-refractivity contribution in [3.63, 3.8) is 0 Å². The SMILES string of the molecule is O=C(NCCCCCO)C1CCc2n[nH]nc2C1. The number of aryl methyl sites for hydroxylation is 1. The second-order valence-corrected chi connectivity index (χ2v) is 4.73. The van der Waals surface area contributed by atoms with Crippen molar-refractivity contribution in [2.45, 2.75) is 38.5 Å². The minimum Gasteiger partial charge on any atom is -0.396 e. The van der Waals surface area contributed by atoms with E-state index in [2.05, 4.69) is 20.7 Å². The molecule has 6 nitrogen and oxygen atoms in total. The fourth-order valence-corrected chi connectivity index (χ4v) is 2.28. The predicted octanol–water partition coefficient (Wildman–Crippen LogP) is 0.188. The number of fused-ring (bicyclic) bond motifs is 1. The summed E-state index contributed by atoms with van der Waals surface area (Å²) in [7, 11) is 0. The second-order valence-electron chi connectivity index (χ2n) is 4.73. The van der Waals surface area contributed by atoms with Crippen LogP contribution in [0.4, 0.5) is 0 Å². The molecule has 1 heterocycles. The number of amides is 1. The molecule has 1 aromatic rings. The van der Waals surface area contributed by atoms with Crippen LogP contribution in [0.15, 0.2) is 0 Å². The van der Waals surface area contributed by atoms with E-state index in [-0.39, 0.29) is 18.4 Å². The van der Waals surface area contributed by atoms with Crippen LogP contribution in [0.5, 0.6) is 0 Å². The Morgan fingerprint density at radius 3 is 3.00 bits per heavy atom. The summed E-state index contributed by atoms with van der Waals surface area (Å²) in [5.74, 6) is 0.146. The second kappa shape index (κ2) is 6.49. The van der Waals surface area contributed by atoms with E-state index in [1.807, 2.05) is 0 Å². The zero-order valence-electron chi connectivity index (χ0n) is 10.5. The molecule has 1 aromatic heterocycles. The first-order valence-corrected chi connectivity index (χ1v) is 6.58. The van der Waals surface area contributed by atoms with Crippen molar-refractivity contribution >= 4 is 5.91 Å². The van der Waals surface area contributed by atoms with Crippen LogP contribution in [-0.4, -0.2) is 39.6 Å². The van der Waals surface area contributed by atoms with Crippen molar-refractivity contribution in [2.75, 3.05) is 13.2 Å². The summed E-state index contributed by atoms with van der Waals surface area (Å²) in [5, 5.41) is 22.3. The zero-order valence-corrected chi connectivity index (χ0v) is 10.5. The highest BCUT2D eigenvalue weighted by Gasteiger charge is 2.26. The van der Waals surface area contributed by atoms with Gasteiger partial charge < -0.3 is 10.4 Å². The molecule has 0 aliphatic heterocycles. The van der Waals surface area contributed by atoms with Gasteiger partial charge in [0.15, 0.2) is 0 Å². The molecular weight excluding hydrogens is 232 g/mol. The van der Waals surface area contributed by atoms with Gasteiger partial charge in [-0.3, -0.25) is 4.79 Å². The maximum Gasteiger partial charge on any atom is 0.223 e. The first-order valence-electron chi connectivity index (χ1n) is 6.58. The lowest BCUT2D eigenvalue weighted by Gasteiger charge is -2.19. The van der Waals surface area contributed by atoms with E-state index in [9.17, 15) is 4.79 Å². The van der Waals surface area contributed by atoms with Crippen LogP contribution in [0.2, 0.25) is 0 Å². The van der Waals surface area contributed by atoms with Crippen LogP contribution < -0.4 is 5.32 Å². The summed E-state index contributed by atoms with van der Waals surface area (Å²) in [6.45, 7) is 0.923. The van der Waals surface area contributed by atoms with Gasteiger partial charge in [0.2, 0.25) is 5.91 Å². The van der Waals surface area contributed by atoms with Crippen molar-refractivity contribution in [1.82, 2.24) is 20.7 Å². The average Bonchev–Trinajstić information content (AvgIpc) is 2.85. The molecule has 100 valence electrons. The van der Waals surface area contributed by atoms with Crippen LogP contribution in [0.1, 0.15) is 37.1 Å². The molecule has 1 aliphatic carbocycles. The molecule has 0 spiro atoms. The predicted molar refractivity (Wildman–Crippen MR) is 65.8 cm³/mol. The first kappa shape index (κ1) is 13.0. The van der Waals surface area contributed by atoms with Gasteiger partial charge in [-0.1, -0.05) is 0 Å². The lowest BCUT2D eigenvalue weighted by Crippen LogP contribution is -2.34. The summed E-state index contributed by atoms with van der Waals surface area (Å²) in [5.41, 5.74) is 1.93. The molecule has 1 aliphatic rings. The lowest BCUT2D eigenvalue weighted by atomic mass is 9.89. The summed E-state index contributed by atoms with van der Waals surface area (Å²) in [6.07, 6.45) is 5.05. The Hall–Kier alpha value is -1.43. The number of unbranched alkanes of at least 4 members (excludes halogenated alkanes) is 2. The first-order chi connectivity index (χ1) is 8.81. The monoisotopic (exact) mass is 252 g/mol. The molecular formula is C12H20N4O2. The molecule has 0 aromatic carbocycles. The molecule has 0 radical (unpaired) electrons. The standard InChI is InChI=1S/C12H20N4O2/c17-7-3-1-2-6-13-12(18)9-4-5-10-11(8-9)15-16-14-10/h9,17H,1-8H2,(H,13,18)(H,14,15,16). The largest absolute Gasteiger partial charge is 0.396 e. The van der Waals surface area contributed by atoms with Gasteiger partial charge in [0.1, 0.15) is 0 Å². The number of nitrogens with one attached hydrogen (secondary N) is 2. The topological polar surface area (TPSA) is 90.9 Å². The zero-order chi connectivity index (χ0) is 12.8. The summed E-state index contributed by atoms with van der Waals surface area (Å²) in [6, 6.07) is 0. The molecule has 0 fully saturated rings. The molecule has 0 saturated heterocycles. The van der Waals surface area contributed by atoms with E-state index in [4.69, 9.17) is 5.11 Å². The molecule has 3 N–H and O–H groups in total. The van der Waals surface area contributed by atoms with E-state index < -0.39 is 0 Å². The van der Waals surface area contributed by atoms with E-state index in [1.165, 1.54) is 0 Å². The fraction of sp³-hybridized carbons (Fsp3) is 0.750. The molecule has 1 unspecified atom stereocenters. The number of aliphatic hydroxyl groups excluding tert-OH is 1. The van der Waals surface area contributed by atoms with Crippen LogP contribution in [-0.2, 0) is 17.6 Å². The Kier molecular flexibility index (Phi) is 4.69. The maximum atomic E-state index is 11.9. The van der Waals surface area contributed by atoms with Gasteiger partial charge in [0, 0.05) is 25.5 Å². The number of H-pyrrole nitrogens is 1. The summed E-state index contributed by atoms with van der Waals surface area (Å²) < 4.78 is 0. The van der Waals surface area contributed by atoms with Crippen LogP contribution in [0, 0.1) is 5.92 Å². The van der Waals surface area contributed by atoms with Gasteiger partial charge in [-0.05, 0) is 32.1 Å². The Morgan fingerprint density at radius 1 is 1.33 bits per heavy atom. The van der Waals surface area contributed by atoms with Crippen LogP contribution >= 0.6 is 0 Å². The van der Waals surface area contributed by atoms with Gasteiger partial charge in [-0.25, -0.2) is 0 Å². The van der Waals surface area contributed by atoms with Gasteiger partial charge in [0.25, 0.3) is 0 Å². The summed E-state index contributed by atoms with van der Waals surface area (Å²) in [4.78, 5) is 11.9. The third-order valence-electron chi connectivity index (χ3n) is 3.38. The quantitative estimate of drug-likeness (QED) is 0.630. The van der Waals surface area contributed by atoms with Crippen molar-refractivity contribution in [2.24, 2.45) is 5.92 Å². The number of nitrogens with zero attached hydrogens (tertiary/aromatic N) is 2. The number of carbonyl (C=O) groups is 1. The molecule has 2 rings (SSSR count). The molecule has 18 heavy (non-hydrogen) atoms. The van der Waals surface area contributed by atoms with Gasteiger partial charge in [-0.15, -0.1) is 0 Å². The number of rotatable bonds is 6. The highest BCUT2D eigenvalue weighted by atomic mass is 16.2. The molecule has 1 amide bonds. The number of aliphatic hydroxyl groups is 1. The van der Waals surface area contributed by atoms with E-state index in [0.29, 0.717) is 13.0 Å². The maximum absolute atomic E-state index is 11.9. The van der Waals surface area contributed by atoms with Gasteiger partial charge >= 0.3 is 0 Å². The van der Waals surface area contributed by atoms with Crippen molar-refractivity contribution in [3.8, 4) is 0 Å². The summed E-state index contributed by atoms with van der Waals surface area (Å²) >= 11 is 0. The van der Waals surface area contributed by atoms with Crippen LogP contribution in [0.25, 0.3) is 0 Å². The minimum absolute atomic E-state index is 0.0282. The average molecular weight is 252 g/mol. The lowest BCUT2D eigenvalue weighted by molar-refractivity contribution is -0.125. The number of aromatic amines is 1. The van der Waals surface area contributed by atoms with Crippen molar-refractivity contribution < 1.29 is 9.90 Å². The fourth-order valence-electron chi connectivity index (χ4n) is 2.28. The Bertz CT molecular complexity index is 391. The third-order valence-corrected chi connectivity index (χ3v) is 3.38. The van der Waals surface area contributed by atoms with Gasteiger partial charge in [-0.2, -0.15) is 15.4 Å². The van der Waals surface area contributed by atoms with Crippen molar-refractivity contribution in [3.05, 3.63) is 11.4 Å². The highest BCUT2D eigenvalue weighted by Crippen LogP contribution is 2.22. The Labute approximate surface area is 106 Å². The number of aromatic nitrogens is 3. The molecule has 6 heteroatoms. The number of hydrogen-bond acceptors (Lipinski definition) is 4. The van der Waals surface area contributed by atoms with E-state index in [0.717, 1.165) is 43.5 Å². The van der Waals surface area contributed by atoms with E-state index in [1.54, 1.807) is 0 Å². The highest BCUT2D eigenvalue weighted by molar-refractivity contribution is 5.79. The normalized spacial score (nSPS) is 18.4. The Balaban J connectivity index is 1.71. The molecule has 0 bridgehead atoms. The van der Waals surface area contributed by atoms with Crippen LogP contribution in [0.3, 0.4) is 0 Å². The Morgan fingerprint density at radius 2 is 2.17 bits per heavy atom. The molecule has 1 atom stereocenters. The molecule has 0 saturated carbocycles. The van der Waals surface area contributed by atoms with E-state index >= 15 is 0 Å². The smallest absolute Gasteiger partial charge is 0.223 e. The minimum atomic E-state index is 0.0282. The van der Waals surface area contributed by atoms with Crippen molar-refractivity contribution in [1.29, 1.82) is 0 Å².